The van der Waals surface area contributed by atoms with Gasteiger partial charge in [-0.2, -0.15) is 15.0 Å². The minimum atomic E-state index is -2.56. The van der Waals surface area contributed by atoms with E-state index < -0.39 is 17.6 Å². The van der Waals surface area contributed by atoms with Crippen molar-refractivity contribution in [2.24, 2.45) is 5.73 Å². The minimum absolute atomic E-state index is 0.497. The lowest BCUT2D eigenvalue weighted by molar-refractivity contribution is 0.0698. The third-order valence-corrected chi connectivity index (χ3v) is 12.9. The highest BCUT2D eigenvalue weighted by atomic mass is 28.4. The Kier molecular flexibility index (Phi) is 23.7. The highest BCUT2D eigenvalue weighted by molar-refractivity contribution is 6.61. The van der Waals surface area contributed by atoms with Crippen LogP contribution >= 0.6 is 0 Å². The first-order chi connectivity index (χ1) is 21.5. The number of hydrogen-bond acceptors (Lipinski definition) is 13. The van der Waals surface area contributed by atoms with Gasteiger partial charge in [-0.1, -0.05) is 25.7 Å². The van der Waals surface area contributed by atoms with E-state index >= 15 is 0 Å². The van der Waals surface area contributed by atoms with Gasteiger partial charge in [0.25, 0.3) is 0 Å². The van der Waals surface area contributed by atoms with Crippen molar-refractivity contribution in [3.05, 3.63) is 0 Å². The monoisotopic (exact) mass is 661 g/mol. The average molecular weight is 662 g/mol. The molecular formula is C29H63N7O6Si2. The van der Waals surface area contributed by atoms with Crippen molar-refractivity contribution in [1.82, 2.24) is 15.0 Å². The molecule has 1 aromatic rings. The molecular weight excluding hydrogens is 599 g/mol. The second-order valence-corrected chi connectivity index (χ2v) is 15.6. The lowest BCUT2D eigenvalue weighted by Gasteiger charge is -2.28. The molecule has 0 aromatic carbocycles. The summed E-state index contributed by atoms with van der Waals surface area (Å²) in [4.78, 5) is 13.6. The summed E-state index contributed by atoms with van der Waals surface area (Å²) in [5.41, 5.74) is 5.68. The van der Waals surface area contributed by atoms with Gasteiger partial charge >= 0.3 is 17.6 Å². The van der Waals surface area contributed by atoms with Crippen LogP contribution in [0.5, 0.6) is 0 Å². The van der Waals surface area contributed by atoms with E-state index in [1.165, 1.54) is 0 Å². The zero-order chi connectivity index (χ0) is 32.4. The van der Waals surface area contributed by atoms with Crippen molar-refractivity contribution in [2.45, 2.75) is 105 Å². The van der Waals surface area contributed by atoms with E-state index in [4.69, 9.17) is 32.3 Å². The Morgan fingerprint density at radius 2 is 0.750 bits per heavy atom. The molecule has 1 rings (SSSR count). The second-order valence-electron chi connectivity index (χ2n) is 10.2. The Labute approximate surface area is 269 Å². The fourth-order valence-electron chi connectivity index (χ4n) is 4.84. The molecule has 0 unspecified atom stereocenters. The number of nitrogens with zero attached hydrogens (tertiary/aromatic N) is 3. The van der Waals surface area contributed by atoms with Crippen molar-refractivity contribution >= 4 is 35.5 Å². The standard InChI is InChI=1S/C29H63N7O6Si2/c1-7-37-43(38-8-2,39-9-3)25-19-15-13-17-22-31-27-34-28(36-29(35-27)33-24-21-30)32-23-18-14-16-20-26-44(40-10-4,41-11-5)42-12-6/h7-26,30H2,1-6H3,(H3,31,32,33,34,35,36). The highest BCUT2D eigenvalue weighted by Crippen LogP contribution is 2.21. The molecule has 0 bridgehead atoms. The van der Waals surface area contributed by atoms with E-state index in [2.05, 4.69) is 30.9 Å². The summed E-state index contributed by atoms with van der Waals surface area (Å²) >= 11 is 0. The van der Waals surface area contributed by atoms with Crippen LogP contribution in [0.25, 0.3) is 0 Å². The van der Waals surface area contributed by atoms with Crippen molar-refractivity contribution in [3.63, 3.8) is 0 Å². The molecule has 5 N–H and O–H groups in total. The molecule has 0 aliphatic heterocycles. The highest BCUT2D eigenvalue weighted by Gasteiger charge is 2.40. The van der Waals surface area contributed by atoms with Crippen LogP contribution < -0.4 is 21.7 Å². The first-order valence-corrected chi connectivity index (χ1v) is 20.8. The summed E-state index contributed by atoms with van der Waals surface area (Å²) in [6.45, 7) is 18.3. The van der Waals surface area contributed by atoms with Crippen molar-refractivity contribution in [1.29, 1.82) is 0 Å². The van der Waals surface area contributed by atoms with E-state index in [0.29, 0.717) is 70.6 Å². The molecule has 0 radical (unpaired) electrons. The summed E-state index contributed by atoms with van der Waals surface area (Å²) in [5.74, 6) is 1.63. The van der Waals surface area contributed by atoms with E-state index in [0.717, 1.165) is 76.5 Å². The van der Waals surface area contributed by atoms with Gasteiger partial charge in [-0.25, -0.2) is 0 Å². The van der Waals surface area contributed by atoms with Crippen molar-refractivity contribution < 1.29 is 26.6 Å². The maximum Gasteiger partial charge on any atom is 0.500 e. The number of nitrogens with two attached hydrogens (primary N) is 1. The molecule has 0 amide bonds. The van der Waals surface area contributed by atoms with Crippen LogP contribution in [0.1, 0.15) is 92.9 Å². The van der Waals surface area contributed by atoms with E-state index in [1.54, 1.807) is 0 Å². The Hall–Kier alpha value is -1.44. The van der Waals surface area contributed by atoms with Crippen LogP contribution in [0.2, 0.25) is 12.1 Å². The Morgan fingerprint density at radius 1 is 0.455 bits per heavy atom. The number of unbranched alkanes of at least 4 members (excludes halogenated alkanes) is 6. The third-order valence-electron chi connectivity index (χ3n) is 6.63. The summed E-state index contributed by atoms with van der Waals surface area (Å²) < 4.78 is 35.8. The molecule has 0 fully saturated rings. The van der Waals surface area contributed by atoms with Crippen molar-refractivity contribution in [2.75, 3.05) is 81.8 Å². The predicted octanol–water partition coefficient (Wildman–Crippen LogP) is 5.28. The van der Waals surface area contributed by atoms with Crippen LogP contribution in [0, 0.1) is 0 Å². The number of rotatable bonds is 31. The van der Waals surface area contributed by atoms with Crippen LogP contribution in [-0.2, 0) is 26.6 Å². The zero-order valence-electron chi connectivity index (χ0n) is 28.5. The van der Waals surface area contributed by atoms with Gasteiger partial charge in [-0.3, -0.25) is 0 Å². The topological polar surface area (TPSA) is 156 Å². The molecule has 44 heavy (non-hydrogen) atoms. The minimum Gasteiger partial charge on any atom is -0.374 e. The Balaban J connectivity index is 2.48. The molecule has 0 aliphatic rings. The van der Waals surface area contributed by atoms with Gasteiger partial charge in [0, 0.05) is 77.9 Å². The fourth-order valence-corrected chi connectivity index (χ4v) is 10.2. The molecule has 15 heteroatoms. The van der Waals surface area contributed by atoms with Gasteiger partial charge in [0.2, 0.25) is 17.8 Å². The molecule has 258 valence electrons. The summed E-state index contributed by atoms with van der Waals surface area (Å²) in [6, 6.07) is 1.70. The maximum absolute atomic E-state index is 5.96. The van der Waals surface area contributed by atoms with Gasteiger partial charge in [-0.15, -0.1) is 0 Å². The molecule has 1 heterocycles. The van der Waals surface area contributed by atoms with Crippen LogP contribution in [0.4, 0.5) is 17.8 Å². The largest absolute Gasteiger partial charge is 0.500 e. The van der Waals surface area contributed by atoms with Gasteiger partial charge in [0.1, 0.15) is 0 Å². The number of hydrogen-bond donors (Lipinski definition) is 4. The number of nitrogens with one attached hydrogen (secondary N) is 3. The average Bonchev–Trinajstić information content (AvgIpc) is 3.00. The molecule has 0 spiro atoms. The van der Waals surface area contributed by atoms with E-state index in [9.17, 15) is 0 Å². The van der Waals surface area contributed by atoms with Crippen LogP contribution in [0.3, 0.4) is 0 Å². The third kappa shape index (κ3) is 17.3. The van der Waals surface area contributed by atoms with E-state index in [1.807, 2.05) is 41.5 Å². The van der Waals surface area contributed by atoms with Gasteiger partial charge in [-0.05, 0) is 67.2 Å². The first kappa shape index (κ1) is 40.6. The maximum atomic E-state index is 5.96. The van der Waals surface area contributed by atoms with Gasteiger partial charge in [0.05, 0.1) is 0 Å². The van der Waals surface area contributed by atoms with Gasteiger partial charge in [0.15, 0.2) is 0 Å². The molecule has 0 saturated carbocycles. The van der Waals surface area contributed by atoms with Crippen LogP contribution in [0.15, 0.2) is 0 Å². The predicted molar refractivity (Wildman–Crippen MR) is 182 cm³/mol. The molecule has 1 aromatic heterocycles. The lowest BCUT2D eigenvalue weighted by atomic mass is 10.2. The smallest absolute Gasteiger partial charge is 0.374 e. The summed E-state index contributed by atoms with van der Waals surface area (Å²) in [7, 11) is -5.12. The lowest BCUT2D eigenvalue weighted by Crippen LogP contribution is -2.45. The number of anilines is 3. The van der Waals surface area contributed by atoms with Crippen molar-refractivity contribution in [3.8, 4) is 0 Å². The van der Waals surface area contributed by atoms with E-state index in [-0.39, 0.29) is 0 Å². The molecule has 13 nitrogen and oxygen atoms in total. The SMILES string of the molecule is CCO[Si](CCCCCCNc1nc(NCCN)nc(NCCCCCC[Si](OCC)(OCC)OCC)n1)(OCC)OCC. The van der Waals surface area contributed by atoms with Gasteiger partial charge < -0.3 is 48.2 Å². The molecule has 0 saturated heterocycles. The second kappa shape index (κ2) is 25.7. The molecule has 0 atom stereocenters. The zero-order valence-corrected chi connectivity index (χ0v) is 30.5. The summed E-state index contributed by atoms with van der Waals surface area (Å²) in [6.07, 6.45) is 8.39. The normalized spacial score (nSPS) is 12.1. The quantitative estimate of drug-likeness (QED) is 0.0602. The number of aromatic nitrogens is 3. The molecule has 0 aliphatic carbocycles. The Bertz CT molecular complexity index is 742. The van der Waals surface area contributed by atoms with Crippen LogP contribution in [-0.4, -0.2) is 98.4 Å². The Morgan fingerprint density at radius 3 is 1.05 bits per heavy atom. The first-order valence-electron chi connectivity index (χ1n) is 17.0. The fraction of sp³-hybridized carbons (Fsp3) is 0.897. The summed E-state index contributed by atoms with van der Waals surface area (Å²) in [5, 5.41) is 9.90.